The number of ketones is 1. The van der Waals surface area contributed by atoms with Crippen LogP contribution in [0.4, 0.5) is 0 Å². The Bertz CT molecular complexity index is 710. The number of hydrogen-bond donors (Lipinski definition) is 2. The number of ether oxygens (including phenoxy) is 2. The largest absolute Gasteiger partial charge is 0.377 e. The molecule has 8 heteroatoms. The van der Waals surface area contributed by atoms with E-state index in [4.69, 9.17) is 9.47 Å². The summed E-state index contributed by atoms with van der Waals surface area (Å²) in [5.41, 5.74) is 0. The maximum absolute atomic E-state index is 13.0. The first-order chi connectivity index (χ1) is 18.4. The van der Waals surface area contributed by atoms with E-state index in [0.717, 1.165) is 25.7 Å². The molecule has 0 unspecified atom stereocenters. The summed E-state index contributed by atoms with van der Waals surface area (Å²) in [7, 11) is 0. The number of amides is 2. The third-order valence-corrected chi connectivity index (χ3v) is 6.94. The molecule has 3 atom stereocenters. The number of Topliss-reactive ketones (excluding diaryl/α,β-unsaturated/α-hetero) is 1. The van der Waals surface area contributed by atoms with Crippen LogP contribution in [0.2, 0.25) is 0 Å². The average molecular weight is 554 g/mol. The Balaban J connectivity index is 2.31. The van der Waals surface area contributed by atoms with Crippen LogP contribution >= 0.6 is 0 Å². The van der Waals surface area contributed by atoms with Crippen LogP contribution in [0.1, 0.15) is 120 Å². The minimum atomic E-state index is -0.184. The number of likely N-dealkylation sites (tertiary alicyclic amines) is 1. The summed E-state index contributed by atoms with van der Waals surface area (Å²) in [6, 6.07) is 0.107. The standard InChI is InChI=1S/C31H59N3O5/c1-22(2)13-11-16-29(33-23(3)4)31(37)32-18-12-15-27(35)14-9-10-17-30(36)34-20-28(39-25(7)8)19-26(34)21-38-24(5)6/h22-26,28-29,33H,9-21H2,1-8H3,(H,32,37)/t26-,28+,29+/m0/s1. The molecule has 0 aromatic rings. The molecule has 0 bridgehead atoms. The second-order valence-electron chi connectivity index (χ2n) is 12.5. The lowest BCUT2D eigenvalue weighted by molar-refractivity contribution is -0.134. The molecule has 8 nitrogen and oxygen atoms in total. The van der Waals surface area contributed by atoms with Gasteiger partial charge in [0.2, 0.25) is 11.8 Å². The molecule has 39 heavy (non-hydrogen) atoms. The van der Waals surface area contributed by atoms with E-state index in [-0.39, 0.29) is 54.0 Å². The molecule has 1 heterocycles. The summed E-state index contributed by atoms with van der Waals surface area (Å²) in [6.07, 6.45) is 7.50. The van der Waals surface area contributed by atoms with Crippen molar-refractivity contribution in [1.82, 2.24) is 15.5 Å². The molecule has 2 N–H and O–H groups in total. The lowest BCUT2D eigenvalue weighted by atomic mass is 10.0. The Labute approximate surface area is 238 Å². The van der Waals surface area contributed by atoms with E-state index in [1.165, 1.54) is 0 Å². The summed E-state index contributed by atoms with van der Waals surface area (Å²) < 4.78 is 11.8. The molecule has 2 amide bonds. The summed E-state index contributed by atoms with van der Waals surface area (Å²) >= 11 is 0. The van der Waals surface area contributed by atoms with E-state index >= 15 is 0 Å². The highest BCUT2D eigenvalue weighted by Gasteiger charge is 2.36. The Kier molecular flexibility index (Phi) is 17.8. The highest BCUT2D eigenvalue weighted by molar-refractivity contribution is 5.82. The van der Waals surface area contributed by atoms with E-state index in [1.807, 2.05) is 32.6 Å². The zero-order chi connectivity index (χ0) is 29.4. The first kappa shape index (κ1) is 35.5. The van der Waals surface area contributed by atoms with Crippen LogP contribution in [-0.2, 0) is 23.9 Å². The predicted octanol–water partition coefficient (Wildman–Crippen LogP) is 5.02. The van der Waals surface area contributed by atoms with Crippen molar-refractivity contribution in [3.05, 3.63) is 0 Å². The molecule has 228 valence electrons. The summed E-state index contributed by atoms with van der Waals surface area (Å²) in [6.45, 7) is 18.2. The van der Waals surface area contributed by atoms with Crippen molar-refractivity contribution in [2.75, 3.05) is 19.7 Å². The maximum atomic E-state index is 13.0. The topological polar surface area (TPSA) is 97.0 Å². The van der Waals surface area contributed by atoms with Gasteiger partial charge in [-0.15, -0.1) is 0 Å². The molecule has 0 aromatic heterocycles. The quantitative estimate of drug-likeness (QED) is 0.194. The third-order valence-electron chi connectivity index (χ3n) is 6.94. The monoisotopic (exact) mass is 553 g/mol. The molecule has 0 spiro atoms. The highest BCUT2D eigenvalue weighted by atomic mass is 16.5. The number of unbranched alkanes of at least 4 members (excludes halogenated alkanes) is 1. The van der Waals surface area contributed by atoms with Gasteiger partial charge in [0.25, 0.3) is 0 Å². The SMILES string of the molecule is CC(C)CCC[C@@H](NC(C)C)C(=O)NCCCC(=O)CCCCC(=O)N1C[C@H](OC(C)C)C[C@H]1COC(C)C. The first-order valence-corrected chi connectivity index (χ1v) is 15.5. The van der Waals surface area contributed by atoms with Crippen LogP contribution in [0, 0.1) is 5.92 Å². The molecular weight excluding hydrogens is 494 g/mol. The van der Waals surface area contributed by atoms with Crippen LogP contribution < -0.4 is 10.6 Å². The number of rotatable bonds is 21. The van der Waals surface area contributed by atoms with Crippen LogP contribution in [-0.4, -0.2) is 78.6 Å². The molecule has 1 rings (SSSR count). The average Bonchev–Trinajstić information content (AvgIpc) is 3.23. The predicted molar refractivity (Wildman–Crippen MR) is 158 cm³/mol. The first-order valence-electron chi connectivity index (χ1n) is 15.5. The van der Waals surface area contributed by atoms with Crippen molar-refractivity contribution in [1.29, 1.82) is 0 Å². The van der Waals surface area contributed by atoms with Gasteiger partial charge in [0.05, 0.1) is 37.0 Å². The van der Waals surface area contributed by atoms with E-state index in [0.29, 0.717) is 64.1 Å². The molecule has 1 fully saturated rings. The van der Waals surface area contributed by atoms with Crippen molar-refractivity contribution >= 4 is 17.6 Å². The van der Waals surface area contributed by atoms with Crippen molar-refractivity contribution < 1.29 is 23.9 Å². The number of hydrogen-bond acceptors (Lipinski definition) is 6. The van der Waals surface area contributed by atoms with Gasteiger partial charge >= 0.3 is 0 Å². The maximum Gasteiger partial charge on any atom is 0.237 e. The third kappa shape index (κ3) is 16.4. The number of carbonyl (C=O) groups is 3. The van der Waals surface area contributed by atoms with Gasteiger partial charge in [0.1, 0.15) is 5.78 Å². The van der Waals surface area contributed by atoms with E-state index in [1.54, 1.807) is 0 Å². The van der Waals surface area contributed by atoms with Gasteiger partial charge in [-0.3, -0.25) is 14.4 Å². The molecule has 0 aliphatic carbocycles. The van der Waals surface area contributed by atoms with Crippen LogP contribution in [0.5, 0.6) is 0 Å². The van der Waals surface area contributed by atoms with E-state index in [2.05, 4.69) is 38.3 Å². The lowest BCUT2D eigenvalue weighted by Gasteiger charge is -2.25. The van der Waals surface area contributed by atoms with E-state index in [9.17, 15) is 14.4 Å². The Morgan fingerprint density at radius 2 is 1.51 bits per heavy atom. The van der Waals surface area contributed by atoms with Gasteiger partial charge in [0.15, 0.2) is 0 Å². The van der Waals surface area contributed by atoms with Gasteiger partial charge in [0, 0.05) is 38.4 Å². The van der Waals surface area contributed by atoms with Crippen LogP contribution in [0.15, 0.2) is 0 Å². The summed E-state index contributed by atoms with van der Waals surface area (Å²) in [4.78, 5) is 39.9. The zero-order valence-corrected chi connectivity index (χ0v) is 26.2. The molecule has 0 radical (unpaired) electrons. The Morgan fingerprint density at radius 1 is 0.846 bits per heavy atom. The second kappa shape index (κ2) is 19.5. The molecular formula is C31H59N3O5. The summed E-state index contributed by atoms with van der Waals surface area (Å²) in [5.74, 6) is 0.976. The lowest BCUT2D eigenvalue weighted by Crippen LogP contribution is -2.47. The minimum Gasteiger partial charge on any atom is -0.377 e. The van der Waals surface area contributed by atoms with Gasteiger partial charge in [-0.1, -0.05) is 40.5 Å². The summed E-state index contributed by atoms with van der Waals surface area (Å²) in [5, 5.41) is 6.38. The molecule has 1 aliphatic rings. The number of nitrogens with one attached hydrogen (secondary N) is 2. The Hall–Kier alpha value is -1.51. The fraction of sp³-hybridized carbons (Fsp3) is 0.903. The molecule has 1 saturated heterocycles. The van der Waals surface area contributed by atoms with Gasteiger partial charge in [-0.05, 0) is 65.7 Å². The van der Waals surface area contributed by atoms with Gasteiger partial charge in [-0.2, -0.15) is 0 Å². The normalized spacial score (nSPS) is 18.5. The van der Waals surface area contributed by atoms with Gasteiger partial charge in [-0.25, -0.2) is 0 Å². The fourth-order valence-corrected chi connectivity index (χ4v) is 5.03. The van der Waals surface area contributed by atoms with Crippen LogP contribution in [0.3, 0.4) is 0 Å². The van der Waals surface area contributed by atoms with Crippen molar-refractivity contribution in [3.63, 3.8) is 0 Å². The van der Waals surface area contributed by atoms with Crippen molar-refractivity contribution in [2.24, 2.45) is 5.92 Å². The second-order valence-corrected chi connectivity index (χ2v) is 12.5. The molecule has 1 aliphatic heterocycles. The molecule has 0 saturated carbocycles. The smallest absolute Gasteiger partial charge is 0.237 e. The zero-order valence-electron chi connectivity index (χ0n) is 26.2. The van der Waals surface area contributed by atoms with Crippen LogP contribution in [0.25, 0.3) is 0 Å². The number of nitrogens with zero attached hydrogens (tertiary/aromatic N) is 1. The molecule has 0 aromatic carbocycles. The van der Waals surface area contributed by atoms with E-state index < -0.39 is 0 Å². The Morgan fingerprint density at radius 3 is 2.13 bits per heavy atom. The van der Waals surface area contributed by atoms with Crippen molar-refractivity contribution in [2.45, 2.75) is 156 Å². The number of carbonyl (C=O) groups excluding carboxylic acids is 3. The van der Waals surface area contributed by atoms with Crippen molar-refractivity contribution in [3.8, 4) is 0 Å². The minimum absolute atomic E-state index is 0.0264. The highest BCUT2D eigenvalue weighted by Crippen LogP contribution is 2.24. The fourth-order valence-electron chi connectivity index (χ4n) is 5.03. The van der Waals surface area contributed by atoms with Gasteiger partial charge < -0.3 is 25.0 Å².